The minimum atomic E-state index is -6.43. The molecular formula is C3H2F6O4S2. The average molecular weight is 280 g/mol. The molecule has 15 heavy (non-hydrogen) atoms. The molecule has 0 aromatic rings. The first kappa shape index (κ1) is 14.8. The van der Waals surface area contributed by atoms with Crippen LogP contribution in [0.15, 0.2) is 0 Å². The number of hydrogen-bond donors (Lipinski definition) is 2. The topological polar surface area (TPSA) is 74.6 Å². The van der Waals surface area contributed by atoms with E-state index in [9.17, 15) is 34.8 Å². The van der Waals surface area contributed by atoms with Crippen molar-refractivity contribution in [1.29, 1.82) is 0 Å². The van der Waals surface area contributed by atoms with Crippen LogP contribution in [0, 0.1) is 0 Å². The van der Waals surface area contributed by atoms with Crippen LogP contribution >= 0.6 is 0 Å². The van der Waals surface area contributed by atoms with E-state index in [2.05, 4.69) is 0 Å². The number of halogens is 6. The number of hydrogen-bond acceptors (Lipinski definition) is 2. The first-order valence-corrected chi connectivity index (χ1v) is 4.95. The molecule has 0 radical (unpaired) electrons. The van der Waals surface area contributed by atoms with Crippen LogP contribution in [0.3, 0.4) is 0 Å². The third-order valence-corrected chi connectivity index (χ3v) is 2.56. The molecule has 0 rings (SSSR count). The van der Waals surface area contributed by atoms with Crippen LogP contribution in [0.4, 0.5) is 26.3 Å². The van der Waals surface area contributed by atoms with Gasteiger partial charge in [0, 0.05) is 0 Å². The average Bonchev–Trinajstić information content (AvgIpc) is 2.02. The van der Waals surface area contributed by atoms with E-state index >= 15 is 0 Å². The van der Waals surface area contributed by atoms with E-state index in [4.69, 9.17) is 9.11 Å². The highest BCUT2D eigenvalue weighted by molar-refractivity contribution is 7.81. The molecule has 2 N–H and O–H groups in total. The van der Waals surface area contributed by atoms with Crippen LogP contribution in [0.25, 0.3) is 0 Å². The molecule has 0 saturated heterocycles. The fraction of sp³-hybridized carbons (Fsp3) is 1.00. The van der Waals surface area contributed by atoms with Crippen molar-refractivity contribution in [3.63, 3.8) is 0 Å². The van der Waals surface area contributed by atoms with E-state index in [0.717, 1.165) is 0 Å². The lowest BCUT2D eigenvalue weighted by Crippen LogP contribution is -2.57. The summed E-state index contributed by atoms with van der Waals surface area (Å²) < 4.78 is 108. The summed E-state index contributed by atoms with van der Waals surface area (Å²) in [5.74, 6) is -6.43. The van der Waals surface area contributed by atoms with E-state index in [-0.39, 0.29) is 0 Å². The molecule has 0 spiro atoms. The van der Waals surface area contributed by atoms with Gasteiger partial charge in [-0.25, -0.2) is 8.42 Å². The van der Waals surface area contributed by atoms with Gasteiger partial charge in [0.25, 0.3) is 0 Å². The Balaban J connectivity index is 5.50. The summed E-state index contributed by atoms with van der Waals surface area (Å²) in [4.78, 5) is 0. The van der Waals surface area contributed by atoms with Crippen molar-refractivity contribution in [2.45, 2.75) is 16.4 Å². The molecule has 92 valence electrons. The van der Waals surface area contributed by atoms with Gasteiger partial charge in [-0.05, 0) is 0 Å². The molecular weight excluding hydrogens is 278 g/mol. The van der Waals surface area contributed by atoms with Crippen LogP contribution in [-0.4, -0.2) is 34.0 Å². The van der Waals surface area contributed by atoms with Gasteiger partial charge in [-0.1, -0.05) is 0 Å². The van der Waals surface area contributed by atoms with Crippen LogP contribution < -0.4 is 0 Å². The van der Waals surface area contributed by atoms with Gasteiger partial charge in [-0.3, -0.25) is 0 Å². The van der Waals surface area contributed by atoms with Gasteiger partial charge in [0.05, 0.1) is 0 Å². The molecule has 0 bridgehead atoms. The molecule has 0 aromatic heterocycles. The molecule has 0 aliphatic carbocycles. The maximum Gasteiger partial charge on any atom is 0.414 e. The van der Waals surface area contributed by atoms with Crippen molar-refractivity contribution in [3.05, 3.63) is 0 Å². The van der Waals surface area contributed by atoms with Crippen molar-refractivity contribution in [2.24, 2.45) is 0 Å². The van der Waals surface area contributed by atoms with Gasteiger partial charge in [0.15, 0.2) is 0 Å². The lowest BCUT2D eigenvalue weighted by molar-refractivity contribution is -0.244. The van der Waals surface area contributed by atoms with E-state index in [1.807, 2.05) is 0 Å². The summed E-state index contributed by atoms with van der Waals surface area (Å²) in [5.41, 5.74) is 0. The highest BCUT2D eigenvalue weighted by Crippen LogP contribution is 2.48. The van der Waals surface area contributed by atoms with Crippen LogP contribution in [0.2, 0.25) is 0 Å². The Morgan fingerprint density at radius 1 is 0.733 bits per heavy atom. The molecule has 2 atom stereocenters. The highest BCUT2D eigenvalue weighted by Gasteiger charge is 2.77. The molecule has 0 aliphatic rings. The second-order valence-electron chi connectivity index (χ2n) is 2.11. The molecule has 12 heteroatoms. The summed E-state index contributed by atoms with van der Waals surface area (Å²) in [6, 6.07) is 0. The molecule has 2 unspecified atom stereocenters. The monoisotopic (exact) mass is 280 g/mol. The molecule has 0 saturated carbocycles. The second-order valence-corrected chi connectivity index (χ2v) is 4.13. The summed E-state index contributed by atoms with van der Waals surface area (Å²) in [7, 11) is 0. The predicted molar refractivity (Wildman–Crippen MR) is 36.4 cm³/mol. The Labute approximate surface area is 83.2 Å². The molecule has 0 amide bonds. The normalized spacial score (nSPS) is 18.7. The van der Waals surface area contributed by atoms with E-state index in [1.54, 1.807) is 0 Å². The molecule has 0 heterocycles. The lowest BCUT2D eigenvalue weighted by Gasteiger charge is -2.27. The van der Waals surface area contributed by atoms with E-state index in [1.165, 1.54) is 0 Å². The van der Waals surface area contributed by atoms with Crippen molar-refractivity contribution in [1.82, 2.24) is 0 Å². The maximum absolute atomic E-state index is 12.3. The third kappa shape index (κ3) is 2.16. The zero-order valence-electron chi connectivity index (χ0n) is 6.30. The SMILES string of the molecule is O=S(O)C(F)(F)C(F)(F)C(F)(F)S(=O)O. The Morgan fingerprint density at radius 2 is 0.933 bits per heavy atom. The van der Waals surface area contributed by atoms with Gasteiger partial charge in [0.2, 0.25) is 22.2 Å². The van der Waals surface area contributed by atoms with E-state index < -0.39 is 38.6 Å². The third-order valence-electron chi connectivity index (χ3n) is 1.17. The Morgan fingerprint density at radius 3 is 1.07 bits per heavy atom. The summed E-state index contributed by atoms with van der Waals surface area (Å²) in [6.45, 7) is 0. The molecule has 0 fully saturated rings. The largest absolute Gasteiger partial charge is 0.414 e. The fourth-order valence-electron chi connectivity index (χ4n) is 0.389. The van der Waals surface area contributed by atoms with Gasteiger partial charge in [0.1, 0.15) is 0 Å². The summed E-state index contributed by atoms with van der Waals surface area (Å²) in [6.07, 6.45) is 0. The van der Waals surface area contributed by atoms with Crippen LogP contribution in [0.1, 0.15) is 0 Å². The van der Waals surface area contributed by atoms with Gasteiger partial charge in [-0.15, -0.1) is 0 Å². The van der Waals surface area contributed by atoms with Crippen molar-refractivity contribution >= 4 is 22.2 Å². The van der Waals surface area contributed by atoms with Gasteiger partial charge in [-0.2, -0.15) is 26.3 Å². The standard InChI is InChI=1S/C3H2F6O4S2/c4-1(5,2(6,7)14(10)11)3(8,9)15(12)13/h(H,10,11)(H,12,13). The predicted octanol–water partition coefficient (Wildman–Crippen LogP) is 1.25. The maximum atomic E-state index is 12.3. The first-order valence-electron chi connectivity index (χ1n) is 2.74. The Bertz CT molecular complexity index is 275. The van der Waals surface area contributed by atoms with Crippen LogP contribution in [0.5, 0.6) is 0 Å². The lowest BCUT2D eigenvalue weighted by atomic mass is 10.3. The van der Waals surface area contributed by atoms with Gasteiger partial charge < -0.3 is 9.11 Å². The Hall–Kier alpha value is -0.200. The van der Waals surface area contributed by atoms with Crippen molar-refractivity contribution < 1.29 is 43.9 Å². The van der Waals surface area contributed by atoms with Gasteiger partial charge >= 0.3 is 16.4 Å². The summed E-state index contributed by atoms with van der Waals surface area (Å²) in [5, 5.41) is -12.1. The zero-order chi connectivity index (χ0) is 12.7. The minimum absolute atomic E-state index is 4.62. The second kappa shape index (κ2) is 3.99. The number of alkyl halides is 6. The fourth-order valence-corrected chi connectivity index (χ4v) is 1.15. The first-order chi connectivity index (χ1) is 6.39. The van der Waals surface area contributed by atoms with Crippen molar-refractivity contribution in [2.75, 3.05) is 0 Å². The quantitative estimate of drug-likeness (QED) is 0.600. The van der Waals surface area contributed by atoms with Crippen molar-refractivity contribution in [3.8, 4) is 0 Å². The molecule has 0 aliphatic heterocycles. The summed E-state index contributed by atoms with van der Waals surface area (Å²) >= 11 is -9.23. The smallest absolute Gasteiger partial charge is 0.301 e. The van der Waals surface area contributed by atoms with Crippen LogP contribution in [-0.2, 0) is 22.2 Å². The van der Waals surface area contributed by atoms with E-state index in [0.29, 0.717) is 0 Å². The zero-order valence-corrected chi connectivity index (χ0v) is 7.93. The Kier molecular flexibility index (Phi) is 3.94. The molecule has 0 aromatic carbocycles. The minimum Gasteiger partial charge on any atom is -0.301 e. The number of rotatable bonds is 4. The molecule has 4 nitrogen and oxygen atoms in total. The highest BCUT2D eigenvalue weighted by atomic mass is 32.2.